The van der Waals surface area contributed by atoms with E-state index in [1.807, 2.05) is 61.5 Å². The summed E-state index contributed by atoms with van der Waals surface area (Å²) in [5, 5.41) is 9.13. The minimum Gasteiger partial charge on any atom is -0.494 e. The van der Waals surface area contributed by atoms with E-state index in [0.717, 1.165) is 22.3 Å². The van der Waals surface area contributed by atoms with Crippen LogP contribution in [0.4, 0.5) is 0 Å². The Labute approximate surface area is 262 Å². The molecule has 0 spiro atoms. The lowest BCUT2D eigenvalue weighted by molar-refractivity contribution is -0.130. The van der Waals surface area contributed by atoms with Crippen molar-refractivity contribution < 1.29 is 19.1 Å². The van der Waals surface area contributed by atoms with Gasteiger partial charge >= 0.3 is 0 Å². The molecule has 228 valence electrons. The van der Waals surface area contributed by atoms with Gasteiger partial charge in [-0.3, -0.25) is 19.4 Å². The highest BCUT2D eigenvalue weighted by molar-refractivity contribution is 6.30. The second-order valence-corrected chi connectivity index (χ2v) is 10.6. The Hall–Kier alpha value is -4.73. The normalized spacial score (nSPS) is 12.1. The molecule has 2 unspecified atom stereocenters. The highest BCUT2D eigenvalue weighted by Gasteiger charge is 2.28. The lowest BCUT2D eigenvalue weighted by atomic mass is 10.0. The number of hydrogen-bond donors (Lipinski definition) is 4. The molecule has 0 aliphatic carbocycles. The number of hydrogen-bond acceptors (Lipinski definition) is 6. The maximum atomic E-state index is 13.8. The van der Waals surface area contributed by atoms with E-state index in [4.69, 9.17) is 22.1 Å². The number of halogens is 1. The predicted molar refractivity (Wildman–Crippen MR) is 170 cm³/mol. The minimum atomic E-state index is -0.982. The number of nitrogens with zero attached hydrogens (tertiary/aromatic N) is 1. The third-order valence-electron chi connectivity index (χ3n) is 6.92. The van der Waals surface area contributed by atoms with Crippen LogP contribution in [0.3, 0.4) is 0 Å². The SMILES string of the molecule is CCOc1ccc(CC(NC(=O)c2ccc(Cl)cc2)C(=O)NC(Cc2cccnc2)C(=O)NCc2ccc(CN)cc2)cc1. The van der Waals surface area contributed by atoms with Crippen molar-refractivity contribution in [2.75, 3.05) is 6.61 Å². The molecule has 10 heteroatoms. The Bertz CT molecular complexity index is 1510. The number of aromatic nitrogens is 1. The highest BCUT2D eigenvalue weighted by Crippen LogP contribution is 2.15. The Kier molecular flexibility index (Phi) is 11.9. The molecule has 9 nitrogen and oxygen atoms in total. The van der Waals surface area contributed by atoms with Gasteiger partial charge in [-0.15, -0.1) is 0 Å². The first kappa shape index (κ1) is 32.2. The number of carbonyl (C=O) groups excluding carboxylic acids is 3. The van der Waals surface area contributed by atoms with E-state index in [2.05, 4.69) is 20.9 Å². The third-order valence-corrected chi connectivity index (χ3v) is 7.18. The fourth-order valence-electron chi connectivity index (χ4n) is 4.52. The van der Waals surface area contributed by atoms with Gasteiger partial charge in [-0.2, -0.15) is 0 Å². The van der Waals surface area contributed by atoms with E-state index in [9.17, 15) is 14.4 Å². The van der Waals surface area contributed by atoms with Crippen LogP contribution in [0.5, 0.6) is 5.75 Å². The van der Waals surface area contributed by atoms with Crippen molar-refractivity contribution in [2.24, 2.45) is 5.73 Å². The molecular weight excluding hydrogens is 578 g/mol. The van der Waals surface area contributed by atoms with Crippen molar-refractivity contribution in [2.45, 2.75) is 44.9 Å². The number of amides is 3. The van der Waals surface area contributed by atoms with Gasteiger partial charge in [0.25, 0.3) is 5.91 Å². The maximum absolute atomic E-state index is 13.8. The molecule has 4 aromatic rings. The molecule has 4 rings (SSSR count). The van der Waals surface area contributed by atoms with Crippen molar-refractivity contribution >= 4 is 29.3 Å². The fraction of sp³-hybridized carbons (Fsp3) is 0.235. The van der Waals surface area contributed by atoms with Crippen LogP contribution in [-0.2, 0) is 35.5 Å². The second kappa shape index (κ2) is 16.2. The Morgan fingerprint density at radius 1 is 0.795 bits per heavy atom. The standard InChI is InChI=1S/C34H36ClN5O4/c1-2-44-29-15-9-23(10-16-29)18-31(39-32(41)27-11-13-28(35)14-12-27)34(43)40-30(19-26-4-3-17-37-21-26)33(42)38-22-25-7-5-24(20-36)6-8-25/h3-17,21,30-31H,2,18-20,22,36H2,1H3,(H,38,42)(H,39,41)(H,40,43). The van der Waals surface area contributed by atoms with Gasteiger partial charge < -0.3 is 26.4 Å². The summed E-state index contributed by atoms with van der Waals surface area (Å²) in [4.78, 5) is 44.6. The molecule has 0 saturated carbocycles. The molecule has 1 aromatic heterocycles. The maximum Gasteiger partial charge on any atom is 0.251 e. The minimum absolute atomic E-state index is 0.187. The topological polar surface area (TPSA) is 135 Å². The predicted octanol–water partition coefficient (Wildman–Crippen LogP) is 3.98. The van der Waals surface area contributed by atoms with Crippen molar-refractivity contribution in [1.29, 1.82) is 0 Å². The van der Waals surface area contributed by atoms with Crippen LogP contribution in [0, 0.1) is 0 Å². The zero-order valence-electron chi connectivity index (χ0n) is 24.5. The fourth-order valence-corrected chi connectivity index (χ4v) is 4.64. The summed E-state index contributed by atoms with van der Waals surface area (Å²) in [7, 11) is 0. The van der Waals surface area contributed by atoms with Gasteiger partial charge in [0.1, 0.15) is 17.8 Å². The molecule has 0 fully saturated rings. The molecule has 3 aromatic carbocycles. The number of pyridine rings is 1. The largest absolute Gasteiger partial charge is 0.494 e. The molecule has 0 aliphatic heterocycles. The summed E-state index contributed by atoms with van der Waals surface area (Å²) in [5.41, 5.74) is 9.50. The van der Waals surface area contributed by atoms with E-state index in [1.54, 1.807) is 42.7 Å². The van der Waals surface area contributed by atoms with Crippen LogP contribution in [0.2, 0.25) is 5.02 Å². The summed E-state index contributed by atoms with van der Waals surface area (Å²) in [5.74, 6) is -0.609. The lowest BCUT2D eigenvalue weighted by Crippen LogP contribution is -2.55. The molecule has 1 heterocycles. The summed E-state index contributed by atoms with van der Waals surface area (Å²) in [6, 6.07) is 23.0. The van der Waals surface area contributed by atoms with Gasteiger partial charge in [0.05, 0.1) is 6.61 Å². The average molecular weight is 614 g/mol. The molecule has 3 amide bonds. The van der Waals surface area contributed by atoms with Crippen LogP contribution in [0.1, 0.15) is 39.5 Å². The first-order chi connectivity index (χ1) is 21.3. The number of nitrogens with two attached hydrogens (primary N) is 1. The number of benzene rings is 3. The number of carbonyl (C=O) groups is 3. The second-order valence-electron chi connectivity index (χ2n) is 10.2. The monoisotopic (exact) mass is 613 g/mol. The number of rotatable bonds is 14. The zero-order chi connectivity index (χ0) is 31.3. The smallest absolute Gasteiger partial charge is 0.251 e. The van der Waals surface area contributed by atoms with E-state index in [1.165, 1.54) is 0 Å². The quantitative estimate of drug-likeness (QED) is 0.170. The molecule has 0 aliphatic rings. The van der Waals surface area contributed by atoms with Crippen LogP contribution in [-0.4, -0.2) is 41.4 Å². The summed E-state index contributed by atoms with van der Waals surface area (Å²) < 4.78 is 5.53. The highest BCUT2D eigenvalue weighted by atomic mass is 35.5. The molecule has 0 radical (unpaired) electrons. The van der Waals surface area contributed by atoms with Crippen molar-refractivity contribution in [3.05, 3.63) is 130 Å². The lowest BCUT2D eigenvalue weighted by Gasteiger charge is -2.24. The Balaban J connectivity index is 1.53. The number of nitrogens with one attached hydrogen (secondary N) is 3. The van der Waals surface area contributed by atoms with E-state index in [-0.39, 0.29) is 25.3 Å². The first-order valence-electron chi connectivity index (χ1n) is 14.4. The molecule has 2 atom stereocenters. The average Bonchev–Trinajstić information content (AvgIpc) is 3.05. The Morgan fingerprint density at radius 2 is 1.43 bits per heavy atom. The molecule has 5 N–H and O–H groups in total. The van der Waals surface area contributed by atoms with Crippen LogP contribution >= 0.6 is 11.6 Å². The van der Waals surface area contributed by atoms with Gasteiger partial charge in [0, 0.05) is 48.9 Å². The van der Waals surface area contributed by atoms with Crippen molar-refractivity contribution in [3.63, 3.8) is 0 Å². The summed E-state index contributed by atoms with van der Waals surface area (Å²) >= 11 is 5.99. The first-order valence-corrected chi connectivity index (χ1v) is 14.8. The van der Waals surface area contributed by atoms with Gasteiger partial charge in [-0.1, -0.05) is 54.1 Å². The van der Waals surface area contributed by atoms with Gasteiger partial charge in [0.2, 0.25) is 11.8 Å². The summed E-state index contributed by atoms with van der Waals surface area (Å²) in [6.07, 6.45) is 3.68. The van der Waals surface area contributed by atoms with Gasteiger partial charge in [-0.25, -0.2) is 0 Å². The summed E-state index contributed by atoms with van der Waals surface area (Å²) in [6.45, 7) is 3.13. The zero-order valence-corrected chi connectivity index (χ0v) is 25.2. The third kappa shape index (κ3) is 9.65. The van der Waals surface area contributed by atoms with Gasteiger partial charge in [0.15, 0.2) is 0 Å². The van der Waals surface area contributed by atoms with Crippen molar-refractivity contribution in [1.82, 2.24) is 20.9 Å². The Morgan fingerprint density at radius 3 is 2.07 bits per heavy atom. The van der Waals surface area contributed by atoms with Crippen LogP contribution < -0.4 is 26.4 Å². The molecule has 44 heavy (non-hydrogen) atoms. The number of ether oxygens (including phenoxy) is 1. The molecule has 0 bridgehead atoms. The van der Waals surface area contributed by atoms with E-state index in [0.29, 0.717) is 29.5 Å². The van der Waals surface area contributed by atoms with E-state index >= 15 is 0 Å². The van der Waals surface area contributed by atoms with E-state index < -0.39 is 23.9 Å². The van der Waals surface area contributed by atoms with Crippen molar-refractivity contribution in [3.8, 4) is 5.75 Å². The van der Waals surface area contributed by atoms with Gasteiger partial charge in [-0.05, 0) is 71.6 Å². The van der Waals surface area contributed by atoms with Crippen LogP contribution in [0.25, 0.3) is 0 Å². The van der Waals surface area contributed by atoms with Crippen LogP contribution in [0.15, 0.2) is 97.3 Å². The molecule has 0 saturated heterocycles. The molecular formula is C34H36ClN5O4.